The van der Waals surface area contributed by atoms with Crippen LogP contribution in [0.4, 0.5) is 18.9 Å². The first kappa shape index (κ1) is 26.6. The Hall–Kier alpha value is -4.00. The van der Waals surface area contributed by atoms with E-state index in [0.29, 0.717) is 28.5 Å². The second-order valence-corrected chi connectivity index (χ2v) is 9.54. The first-order valence-corrected chi connectivity index (χ1v) is 12.4. The van der Waals surface area contributed by atoms with Gasteiger partial charge in [-0.05, 0) is 55.8 Å². The molecule has 0 saturated heterocycles. The highest BCUT2D eigenvalue weighted by molar-refractivity contribution is 5.64. The zero-order chi connectivity index (χ0) is 27.7. The first-order chi connectivity index (χ1) is 18.6. The molecule has 0 bridgehead atoms. The third kappa shape index (κ3) is 5.87. The van der Waals surface area contributed by atoms with Crippen LogP contribution in [0.3, 0.4) is 0 Å². The third-order valence-electron chi connectivity index (χ3n) is 6.32. The van der Waals surface area contributed by atoms with Gasteiger partial charge in [0.25, 0.3) is 0 Å². The molecule has 0 aliphatic carbocycles. The van der Waals surface area contributed by atoms with Gasteiger partial charge in [0.05, 0.1) is 35.4 Å². The average molecular weight is 539 g/mol. The summed E-state index contributed by atoms with van der Waals surface area (Å²) in [5.41, 5.74) is 16.5. The number of alkyl halides is 3. The quantitative estimate of drug-likeness (QED) is 0.360. The van der Waals surface area contributed by atoms with Crippen molar-refractivity contribution >= 4 is 5.69 Å². The summed E-state index contributed by atoms with van der Waals surface area (Å²) >= 11 is 0. The molecular weight excluding hydrogens is 509 g/mol. The summed E-state index contributed by atoms with van der Waals surface area (Å²) < 4.78 is 48.0. The van der Waals surface area contributed by atoms with E-state index < -0.39 is 25.2 Å². The van der Waals surface area contributed by atoms with Gasteiger partial charge in [0.15, 0.2) is 0 Å². The molecule has 1 aromatic carbocycles. The maximum absolute atomic E-state index is 13.5. The summed E-state index contributed by atoms with van der Waals surface area (Å²) in [5.74, 6) is 0.468. The Morgan fingerprint density at radius 3 is 2.41 bits per heavy atom. The molecule has 0 amide bonds. The first-order valence-electron chi connectivity index (χ1n) is 12.4. The van der Waals surface area contributed by atoms with Crippen molar-refractivity contribution in [2.24, 2.45) is 11.5 Å². The summed E-state index contributed by atoms with van der Waals surface area (Å²) in [7, 11) is 0. The number of halogens is 3. The molecule has 0 fully saturated rings. The molecular formula is C27H29F3N8O. The van der Waals surface area contributed by atoms with Crippen molar-refractivity contribution in [3.8, 4) is 22.8 Å². The number of pyridine rings is 2. The summed E-state index contributed by atoms with van der Waals surface area (Å²) in [6, 6.07) is 16.5. The largest absolute Gasteiger partial charge is 0.475 e. The van der Waals surface area contributed by atoms with Gasteiger partial charge in [-0.2, -0.15) is 18.3 Å². The van der Waals surface area contributed by atoms with Crippen LogP contribution in [0.15, 0.2) is 73.2 Å². The molecule has 204 valence electrons. The van der Waals surface area contributed by atoms with Gasteiger partial charge >= 0.3 is 6.18 Å². The predicted octanol–water partition coefficient (Wildman–Crippen LogP) is 4.20. The number of benzene rings is 1. The molecule has 1 aliphatic rings. The maximum Gasteiger partial charge on any atom is 0.401 e. The number of hydrogen-bond acceptors (Lipinski definition) is 8. The Labute approximate surface area is 223 Å². The van der Waals surface area contributed by atoms with Crippen molar-refractivity contribution < 1.29 is 17.9 Å². The Morgan fingerprint density at radius 1 is 1.03 bits per heavy atom. The Kier molecular flexibility index (Phi) is 7.25. The summed E-state index contributed by atoms with van der Waals surface area (Å²) in [6.45, 7) is 2.77. The Morgan fingerprint density at radius 2 is 1.79 bits per heavy atom. The molecule has 4 heterocycles. The SMILES string of the molecule is CC(C)Oc1ccc(-c2ccc3c(n2)C(N)N(CC(F)(F)F)C(N)N3Cc2ccc(-n3cccn3)cc2)cn1. The monoisotopic (exact) mass is 538 g/mol. The molecule has 2 unspecified atom stereocenters. The van der Waals surface area contributed by atoms with Crippen LogP contribution in [0.1, 0.15) is 31.3 Å². The number of nitrogens with zero attached hydrogens (tertiary/aromatic N) is 6. The van der Waals surface area contributed by atoms with E-state index in [1.54, 1.807) is 46.2 Å². The summed E-state index contributed by atoms with van der Waals surface area (Å²) in [5, 5.41) is 4.22. The normalized spacial score (nSPS) is 17.9. The van der Waals surface area contributed by atoms with Crippen molar-refractivity contribution in [3.05, 3.63) is 84.4 Å². The van der Waals surface area contributed by atoms with Gasteiger partial charge in [-0.15, -0.1) is 0 Å². The highest BCUT2D eigenvalue weighted by atomic mass is 19.4. The molecule has 4 N–H and O–H groups in total. The molecule has 4 aromatic rings. The van der Waals surface area contributed by atoms with Gasteiger partial charge in [0.1, 0.15) is 12.5 Å². The van der Waals surface area contributed by atoms with Crippen LogP contribution in [-0.2, 0) is 6.54 Å². The number of anilines is 1. The number of rotatable bonds is 7. The van der Waals surface area contributed by atoms with Gasteiger partial charge in [-0.1, -0.05) is 12.1 Å². The lowest BCUT2D eigenvalue weighted by atomic mass is 10.1. The standard InChI is InChI=1S/C27H29F3N8O/c1-17(2)39-23-11-6-19(14-33-23)21-9-10-22-24(35-21)25(31)37(16-27(28,29)30)26(32)36(22)15-18-4-7-20(8-5-18)38-13-3-12-34-38/h3-14,17,25-26H,15-16,31-32H2,1-2H3. The van der Waals surface area contributed by atoms with Crippen molar-refractivity contribution in [1.82, 2.24) is 24.6 Å². The van der Waals surface area contributed by atoms with Crippen molar-refractivity contribution in [2.45, 2.75) is 45.1 Å². The van der Waals surface area contributed by atoms with Crippen LogP contribution < -0.4 is 21.1 Å². The molecule has 5 rings (SSSR count). The van der Waals surface area contributed by atoms with Crippen molar-refractivity contribution in [3.63, 3.8) is 0 Å². The zero-order valence-electron chi connectivity index (χ0n) is 21.5. The Balaban J connectivity index is 1.48. The highest BCUT2D eigenvalue weighted by Gasteiger charge is 2.42. The topological polar surface area (TPSA) is 111 Å². The number of ether oxygens (including phenoxy) is 1. The minimum Gasteiger partial charge on any atom is -0.475 e. The van der Waals surface area contributed by atoms with Crippen LogP contribution in [-0.4, -0.2) is 49.8 Å². The number of nitrogens with two attached hydrogens (primary N) is 2. The molecule has 0 saturated carbocycles. The van der Waals surface area contributed by atoms with Crippen LogP contribution in [0.25, 0.3) is 16.9 Å². The molecule has 3 aromatic heterocycles. The van der Waals surface area contributed by atoms with Crippen LogP contribution in [0.5, 0.6) is 5.88 Å². The zero-order valence-corrected chi connectivity index (χ0v) is 21.5. The van der Waals surface area contributed by atoms with Gasteiger partial charge in [0, 0.05) is 36.8 Å². The van der Waals surface area contributed by atoms with Crippen LogP contribution in [0.2, 0.25) is 0 Å². The van der Waals surface area contributed by atoms with Crippen molar-refractivity contribution in [1.29, 1.82) is 0 Å². The van der Waals surface area contributed by atoms with Gasteiger partial charge in [0.2, 0.25) is 5.88 Å². The fraction of sp³-hybridized carbons (Fsp3) is 0.296. The number of aromatic nitrogens is 4. The number of hydrogen-bond donors (Lipinski definition) is 2. The lowest BCUT2D eigenvalue weighted by molar-refractivity contribution is -0.158. The van der Waals surface area contributed by atoms with Crippen LogP contribution >= 0.6 is 0 Å². The van der Waals surface area contributed by atoms with E-state index in [-0.39, 0.29) is 12.6 Å². The summed E-state index contributed by atoms with van der Waals surface area (Å²) in [6.07, 6.45) is -1.70. The fourth-order valence-electron chi connectivity index (χ4n) is 4.52. The van der Waals surface area contributed by atoms with E-state index in [4.69, 9.17) is 16.2 Å². The van der Waals surface area contributed by atoms with E-state index in [9.17, 15) is 13.2 Å². The lowest BCUT2D eigenvalue weighted by Crippen LogP contribution is -2.62. The fourth-order valence-corrected chi connectivity index (χ4v) is 4.52. The van der Waals surface area contributed by atoms with Gasteiger partial charge in [-0.3, -0.25) is 5.73 Å². The number of fused-ring (bicyclic) bond motifs is 1. The molecule has 0 spiro atoms. The van der Waals surface area contributed by atoms with Crippen LogP contribution in [0, 0.1) is 0 Å². The van der Waals surface area contributed by atoms with E-state index >= 15 is 0 Å². The van der Waals surface area contributed by atoms with Crippen molar-refractivity contribution in [2.75, 3.05) is 11.4 Å². The van der Waals surface area contributed by atoms with Gasteiger partial charge < -0.3 is 15.4 Å². The molecule has 2 atom stereocenters. The molecule has 39 heavy (non-hydrogen) atoms. The van der Waals surface area contributed by atoms with E-state index in [0.717, 1.165) is 16.2 Å². The average Bonchev–Trinajstić information content (AvgIpc) is 3.44. The minimum atomic E-state index is -4.50. The Bertz CT molecular complexity index is 1390. The second-order valence-electron chi connectivity index (χ2n) is 9.54. The maximum atomic E-state index is 13.5. The third-order valence-corrected chi connectivity index (χ3v) is 6.32. The smallest absolute Gasteiger partial charge is 0.401 e. The minimum absolute atomic E-state index is 0.0280. The molecule has 0 radical (unpaired) electrons. The molecule has 9 nitrogen and oxygen atoms in total. The van der Waals surface area contributed by atoms with Gasteiger partial charge in [-0.25, -0.2) is 19.5 Å². The van der Waals surface area contributed by atoms with E-state index in [1.807, 2.05) is 50.4 Å². The second kappa shape index (κ2) is 10.6. The van der Waals surface area contributed by atoms with E-state index in [2.05, 4.69) is 15.1 Å². The molecule has 12 heteroatoms. The predicted molar refractivity (Wildman–Crippen MR) is 141 cm³/mol. The van der Waals surface area contributed by atoms with E-state index in [1.165, 1.54) is 0 Å². The lowest BCUT2D eigenvalue weighted by Gasteiger charge is -2.46. The highest BCUT2D eigenvalue weighted by Crippen LogP contribution is 2.38. The molecule has 1 aliphatic heterocycles. The summed E-state index contributed by atoms with van der Waals surface area (Å²) in [4.78, 5) is 11.7.